The van der Waals surface area contributed by atoms with Gasteiger partial charge in [0.2, 0.25) is 0 Å². The molecule has 4 unspecified atom stereocenters. The van der Waals surface area contributed by atoms with Crippen molar-refractivity contribution in [3.05, 3.63) is 28.8 Å². The summed E-state index contributed by atoms with van der Waals surface area (Å²) >= 11 is 5.80. The topological polar surface area (TPSA) is 79.3 Å². The van der Waals surface area contributed by atoms with Gasteiger partial charge in [0.15, 0.2) is 0 Å². The van der Waals surface area contributed by atoms with Crippen LogP contribution in [-0.2, 0) is 4.79 Å². The molecule has 2 bridgehead atoms. The third-order valence-electron chi connectivity index (χ3n) is 4.55. The normalized spacial score (nSPS) is 30.4. The highest BCUT2D eigenvalue weighted by molar-refractivity contribution is 6.32. The van der Waals surface area contributed by atoms with E-state index >= 15 is 0 Å². The smallest absolute Gasteiger partial charge is 0.308 e. The third kappa shape index (κ3) is 2.48. The summed E-state index contributed by atoms with van der Waals surface area (Å²) in [7, 11) is 0. The Morgan fingerprint density at radius 2 is 2.10 bits per heavy atom. The van der Waals surface area contributed by atoms with E-state index in [2.05, 4.69) is 10.3 Å². The van der Waals surface area contributed by atoms with E-state index in [1.807, 2.05) is 0 Å². The van der Waals surface area contributed by atoms with Gasteiger partial charge in [-0.2, -0.15) is 0 Å². The lowest BCUT2D eigenvalue weighted by Crippen LogP contribution is -2.46. The first-order valence-corrected chi connectivity index (χ1v) is 7.20. The zero-order valence-corrected chi connectivity index (χ0v) is 11.8. The number of carbonyl (C=O) groups is 2. The van der Waals surface area contributed by atoms with Crippen LogP contribution < -0.4 is 5.32 Å². The number of nitrogens with one attached hydrogen (secondary N) is 1. The number of fused-ring (bicyclic) bond motifs is 2. The number of hydrogen-bond acceptors (Lipinski definition) is 3. The van der Waals surface area contributed by atoms with E-state index < -0.39 is 29.7 Å². The fourth-order valence-corrected chi connectivity index (χ4v) is 3.85. The van der Waals surface area contributed by atoms with E-state index in [9.17, 15) is 19.1 Å². The second kappa shape index (κ2) is 5.26. The minimum Gasteiger partial charge on any atom is -0.481 e. The van der Waals surface area contributed by atoms with Gasteiger partial charge in [0.1, 0.15) is 11.0 Å². The summed E-state index contributed by atoms with van der Waals surface area (Å²) in [6.07, 6.45) is 3.54. The highest BCUT2D eigenvalue weighted by Gasteiger charge is 2.51. The molecule has 21 heavy (non-hydrogen) atoms. The molecule has 0 aromatic carbocycles. The van der Waals surface area contributed by atoms with Gasteiger partial charge in [0, 0.05) is 6.04 Å². The number of carboxylic acids is 1. The summed E-state index contributed by atoms with van der Waals surface area (Å²) < 4.78 is 13.2. The second-order valence-corrected chi connectivity index (χ2v) is 6.05. The first-order chi connectivity index (χ1) is 9.97. The molecule has 1 aromatic rings. The molecule has 1 heterocycles. The van der Waals surface area contributed by atoms with Crippen molar-refractivity contribution in [2.75, 3.05) is 0 Å². The van der Waals surface area contributed by atoms with Crippen molar-refractivity contribution in [2.45, 2.75) is 25.3 Å². The molecular weight excluding hydrogens is 299 g/mol. The molecule has 4 atom stereocenters. The van der Waals surface area contributed by atoms with E-state index in [1.165, 1.54) is 0 Å². The summed E-state index contributed by atoms with van der Waals surface area (Å²) in [6, 6.07) is 0.585. The van der Waals surface area contributed by atoms with Gasteiger partial charge in [0.05, 0.1) is 17.7 Å². The maximum atomic E-state index is 13.2. The van der Waals surface area contributed by atoms with Crippen molar-refractivity contribution in [3.63, 3.8) is 0 Å². The molecule has 2 saturated carbocycles. The van der Waals surface area contributed by atoms with Gasteiger partial charge in [-0.05, 0) is 37.2 Å². The number of nitrogens with zero attached hydrogens (tertiary/aromatic N) is 1. The molecule has 0 spiro atoms. The number of carbonyl (C=O) groups excluding carboxylic acids is 1. The zero-order chi connectivity index (χ0) is 15.1. The van der Waals surface area contributed by atoms with Gasteiger partial charge in [-0.3, -0.25) is 9.59 Å². The molecule has 0 aliphatic heterocycles. The average Bonchev–Trinajstić information content (AvgIpc) is 3.02. The number of carboxylic acid groups (broad SMARTS) is 1. The monoisotopic (exact) mass is 312 g/mol. The summed E-state index contributed by atoms with van der Waals surface area (Å²) in [5, 5.41) is 12.0. The Kier molecular flexibility index (Phi) is 3.57. The molecule has 2 aliphatic rings. The Morgan fingerprint density at radius 3 is 2.81 bits per heavy atom. The number of pyridine rings is 1. The van der Waals surface area contributed by atoms with Gasteiger partial charge >= 0.3 is 5.97 Å². The highest BCUT2D eigenvalue weighted by Crippen LogP contribution is 2.48. The molecule has 1 aromatic heterocycles. The van der Waals surface area contributed by atoms with Crippen LogP contribution in [0.25, 0.3) is 0 Å². The minimum atomic E-state index is -0.893. The van der Waals surface area contributed by atoms with Crippen LogP contribution in [0.1, 0.15) is 29.6 Å². The van der Waals surface area contributed by atoms with Crippen molar-refractivity contribution >= 4 is 23.5 Å². The Morgan fingerprint density at radius 1 is 1.38 bits per heavy atom. The fraction of sp³-hybridized carbons (Fsp3) is 0.500. The SMILES string of the molecule is O=C(NC1C2CCC(C2)C1C(=O)O)c1cc(F)cnc1Cl. The Balaban J connectivity index is 1.81. The van der Waals surface area contributed by atoms with Gasteiger partial charge in [-0.25, -0.2) is 9.37 Å². The second-order valence-electron chi connectivity index (χ2n) is 5.69. The highest BCUT2D eigenvalue weighted by atomic mass is 35.5. The molecule has 0 saturated heterocycles. The number of aromatic nitrogens is 1. The summed E-state index contributed by atoms with van der Waals surface area (Å²) in [5.74, 6) is -2.42. The Bertz CT molecular complexity index is 610. The first-order valence-electron chi connectivity index (χ1n) is 6.82. The van der Waals surface area contributed by atoms with Crippen molar-refractivity contribution in [1.82, 2.24) is 10.3 Å². The predicted molar refractivity (Wildman–Crippen MR) is 72.4 cm³/mol. The predicted octanol–water partition coefficient (Wildman–Crippen LogP) is 2.10. The van der Waals surface area contributed by atoms with Crippen molar-refractivity contribution in [2.24, 2.45) is 17.8 Å². The van der Waals surface area contributed by atoms with Crippen LogP contribution in [0.4, 0.5) is 4.39 Å². The minimum absolute atomic E-state index is 0.0661. The van der Waals surface area contributed by atoms with Crippen molar-refractivity contribution in [1.29, 1.82) is 0 Å². The van der Waals surface area contributed by atoms with E-state index in [0.717, 1.165) is 31.5 Å². The van der Waals surface area contributed by atoms with Crippen LogP contribution in [0.15, 0.2) is 12.3 Å². The van der Waals surface area contributed by atoms with E-state index in [0.29, 0.717) is 0 Å². The van der Waals surface area contributed by atoms with Gasteiger partial charge in [-0.1, -0.05) is 11.6 Å². The Hall–Kier alpha value is -1.69. The molecule has 112 valence electrons. The van der Waals surface area contributed by atoms with Gasteiger partial charge in [0.25, 0.3) is 5.91 Å². The summed E-state index contributed by atoms with van der Waals surface area (Å²) in [5.41, 5.74) is -0.0661. The Labute approximate surface area is 125 Å². The first kappa shape index (κ1) is 14.3. The van der Waals surface area contributed by atoms with Crippen molar-refractivity contribution < 1.29 is 19.1 Å². The standard InChI is InChI=1S/C14H14ClFN2O3/c15-12-9(4-8(16)5-17-12)13(19)18-11-7-2-1-6(3-7)10(11)14(20)21/h4-7,10-11H,1-3H2,(H,18,19)(H,20,21). The van der Waals surface area contributed by atoms with E-state index in [4.69, 9.17) is 11.6 Å². The molecular formula is C14H14ClFN2O3. The lowest BCUT2D eigenvalue weighted by molar-refractivity contribution is -0.144. The van der Waals surface area contributed by atoms with E-state index in [-0.39, 0.29) is 22.6 Å². The van der Waals surface area contributed by atoms with Gasteiger partial charge in [-0.15, -0.1) is 0 Å². The molecule has 1 amide bonds. The van der Waals surface area contributed by atoms with Crippen LogP contribution >= 0.6 is 11.6 Å². The molecule has 2 aliphatic carbocycles. The molecule has 5 nitrogen and oxygen atoms in total. The summed E-state index contributed by atoms with van der Waals surface area (Å²) in [4.78, 5) is 27.2. The molecule has 7 heteroatoms. The molecule has 0 radical (unpaired) electrons. The largest absolute Gasteiger partial charge is 0.481 e. The molecule has 2 N–H and O–H groups in total. The number of amides is 1. The van der Waals surface area contributed by atoms with Crippen LogP contribution in [0.3, 0.4) is 0 Å². The maximum Gasteiger partial charge on any atom is 0.308 e. The van der Waals surface area contributed by atoms with E-state index in [1.54, 1.807) is 0 Å². The lowest BCUT2D eigenvalue weighted by atomic mass is 9.84. The van der Waals surface area contributed by atoms with Crippen molar-refractivity contribution in [3.8, 4) is 0 Å². The average molecular weight is 313 g/mol. The number of aliphatic carboxylic acids is 1. The van der Waals surface area contributed by atoms with Crippen LogP contribution in [-0.4, -0.2) is 28.0 Å². The summed E-state index contributed by atoms with van der Waals surface area (Å²) in [6.45, 7) is 0. The zero-order valence-electron chi connectivity index (χ0n) is 11.1. The van der Waals surface area contributed by atoms with Gasteiger partial charge < -0.3 is 10.4 Å². The quantitative estimate of drug-likeness (QED) is 0.838. The fourth-order valence-electron chi connectivity index (χ4n) is 3.67. The third-order valence-corrected chi connectivity index (χ3v) is 4.85. The molecule has 3 rings (SSSR count). The number of hydrogen-bond donors (Lipinski definition) is 2. The maximum absolute atomic E-state index is 13.2. The van der Waals surface area contributed by atoms with Crippen LogP contribution in [0, 0.1) is 23.6 Å². The lowest BCUT2D eigenvalue weighted by Gasteiger charge is -2.28. The number of rotatable bonds is 3. The van der Waals surface area contributed by atoms with Crippen LogP contribution in [0.5, 0.6) is 0 Å². The number of halogens is 2. The van der Waals surface area contributed by atoms with Crippen LogP contribution in [0.2, 0.25) is 5.15 Å². The molecule has 2 fully saturated rings.